The number of rotatable bonds is 11. The number of ether oxygens (including phenoxy) is 6. The maximum absolute atomic E-state index is 12.6. The van der Waals surface area contributed by atoms with Gasteiger partial charge in [0.2, 0.25) is 0 Å². The number of aliphatic hydroxyl groups excluding tert-OH is 6. The fraction of sp³-hybridized carbons (Fsp3) is 0.867. The van der Waals surface area contributed by atoms with E-state index in [1.165, 1.54) is 19.4 Å². The lowest BCUT2D eigenvalue weighted by Crippen LogP contribution is -2.63. The lowest BCUT2D eigenvalue weighted by Gasteiger charge is -2.67. The van der Waals surface area contributed by atoms with Gasteiger partial charge in [0.25, 0.3) is 0 Å². The molecule has 0 aromatic heterocycles. The van der Waals surface area contributed by atoms with E-state index in [-0.39, 0.29) is 47.7 Å². The molecule has 0 spiro atoms. The third-order valence-electron chi connectivity index (χ3n) is 16.0. The predicted molar refractivity (Wildman–Crippen MR) is 214 cm³/mol. The molecule has 14 nitrogen and oxygen atoms in total. The molecule has 4 aliphatic carbocycles. The fourth-order valence-electron chi connectivity index (χ4n) is 12.9. The summed E-state index contributed by atoms with van der Waals surface area (Å²) < 4.78 is 35.5. The minimum Gasteiger partial charge on any atom is -0.463 e. The second kappa shape index (κ2) is 17.3. The molecule has 6 N–H and O–H groups in total. The summed E-state index contributed by atoms with van der Waals surface area (Å²) in [5.74, 6) is -1.00. The van der Waals surface area contributed by atoms with E-state index in [1.54, 1.807) is 0 Å². The molecule has 5 fully saturated rings. The third kappa shape index (κ3) is 8.34. The molecule has 0 aromatic rings. The summed E-state index contributed by atoms with van der Waals surface area (Å²) in [6, 6.07) is 0. The van der Waals surface area contributed by atoms with Gasteiger partial charge in [0.1, 0.15) is 43.2 Å². The first-order valence-electron chi connectivity index (χ1n) is 21.8. The maximum Gasteiger partial charge on any atom is 0.303 e. The number of esters is 2. The first-order chi connectivity index (χ1) is 27.5. The highest BCUT2D eigenvalue weighted by Crippen LogP contribution is 2.75. The smallest absolute Gasteiger partial charge is 0.303 e. The molecule has 2 saturated heterocycles. The van der Waals surface area contributed by atoms with E-state index in [0.29, 0.717) is 12.8 Å². The molecule has 0 radical (unpaired) electrons. The van der Waals surface area contributed by atoms with E-state index in [1.807, 2.05) is 6.08 Å². The molecule has 6 aliphatic rings. The van der Waals surface area contributed by atoms with Crippen LogP contribution in [-0.2, 0) is 38.0 Å². The fourth-order valence-corrected chi connectivity index (χ4v) is 12.9. The van der Waals surface area contributed by atoms with Gasteiger partial charge in [0.15, 0.2) is 18.7 Å². The van der Waals surface area contributed by atoms with Gasteiger partial charge < -0.3 is 59.1 Å². The molecule has 59 heavy (non-hydrogen) atoms. The second-order valence-electron chi connectivity index (χ2n) is 20.3. The van der Waals surface area contributed by atoms with E-state index in [9.17, 15) is 40.2 Å². The summed E-state index contributed by atoms with van der Waals surface area (Å²) in [6.45, 7) is 19.7. The van der Waals surface area contributed by atoms with E-state index in [2.05, 4.69) is 61.5 Å². The van der Waals surface area contributed by atoms with Crippen molar-refractivity contribution in [3.8, 4) is 0 Å². The molecular weight excluding hydrogens is 764 g/mol. The van der Waals surface area contributed by atoms with Crippen LogP contribution in [0.15, 0.2) is 23.3 Å². The van der Waals surface area contributed by atoms with Gasteiger partial charge in [-0.2, -0.15) is 0 Å². The molecule has 336 valence electrons. The van der Waals surface area contributed by atoms with Gasteiger partial charge in [0, 0.05) is 25.2 Å². The molecule has 0 amide bonds. The zero-order valence-electron chi connectivity index (χ0n) is 36.7. The molecule has 0 bridgehead atoms. The van der Waals surface area contributed by atoms with Crippen molar-refractivity contribution in [3.63, 3.8) is 0 Å². The van der Waals surface area contributed by atoms with Gasteiger partial charge in [-0.05, 0) is 92.8 Å². The van der Waals surface area contributed by atoms with Crippen molar-refractivity contribution in [1.29, 1.82) is 0 Å². The zero-order valence-corrected chi connectivity index (χ0v) is 36.7. The van der Waals surface area contributed by atoms with Crippen LogP contribution in [0.3, 0.4) is 0 Å². The molecule has 2 aliphatic heterocycles. The standard InChI is InChI=1S/C45H72O14/c1-22(2)12-11-13-23(3)33-29(57-41-38(53)36(51)34(49)31(58-41)20-54-24(4)46)19-45(10)39-28(48)18-27-26(43(39,8)16-17-44(33,45)9)14-15-32(42(27,6)7)59-40-37(52)35(50)30(21-55-40)56-25(5)47/h12,18,23,26,28-41,48-53H,11,13-17,19-21H2,1-10H3/t23-,26-,28+,29+,30-,31-,32+,33+,34-,35+,36+,37-,38-,39-,40+,41-,43+,44-,45+/m1/s1. The van der Waals surface area contributed by atoms with E-state index < -0.39 is 96.4 Å². The van der Waals surface area contributed by atoms with Crippen molar-refractivity contribution < 1.29 is 68.6 Å². The minimum absolute atomic E-state index is 0.00908. The summed E-state index contributed by atoms with van der Waals surface area (Å²) in [7, 11) is 0. The number of hydrogen-bond donors (Lipinski definition) is 6. The highest BCUT2D eigenvalue weighted by atomic mass is 16.7. The molecular formula is C45H72O14. The van der Waals surface area contributed by atoms with Gasteiger partial charge in [-0.25, -0.2) is 0 Å². The normalized spacial score (nSPS) is 47.1. The summed E-state index contributed by atoms with van der Waals surface area (Å²) in [6.07, 6.45) is -3.72. The minimum atomic E-state index is -1.58. The molecule has 14 heteroatoms. The largest absolute Gasteiger partial charge is 0.463 e. The Morgan fingerprint density at radius 1 is 0.831 bits per heavy atom. The maximum atomic E-state index is 12.6. The molecule has 6 rings (SSSR count). The first-order valence-corrected chi connectivity index (χ1v) is 21.8. The highest BCUT2D eigenvalue weighted by Gasteiger charge is 2.72. The van der Waals surface area contributed by atoms with Crippen LogP contribution < -0.4 is 0 Å². The van der Waals surface area contributed by atoms with Crippen LogP contribution in [0.2, 0.25) is 0 Å². The zero-order chi connectivity index (χ0) is 43.6. The van der Waals surface area contributed by atoms with Crippen molar-refractivity contribution >= 4 is 11.9 Å². The Morgan fingerprint density at radius 2 is 1.51 bits per heavy atom. The van der Waals surface area contributed by atoms with Gasteiger partial charge >= 0.3 is 11.9 Å². The van der Waals surface area contributed by atoms with E-state index in [0.717, 1.165) is 37.7 Å². The average molecular weight is 837 g/mol. The van der Waals surface area contributed by atoms with Crippen LogP contribution >= 0.6 is 0 Å². The lowest BCUT2D eigenvalue weighted by molar-refractivity contribution is -0.316. The molecule has 2 heterocycles. The van der Waals surface area contributed by atoms with Crippen LogP contribution in [-0.4, -0.2) is 129 Å². The van der Waals surface area contributed by atoms with E-state index >= 15 is 0 Å². The third-order valence-corrected chi connectivity index (χ3v) is 16.0. The average Bonchev–Trinajstić information content (AvgIpc) is 3.37. The van der Waals surface area contributed by atoms with Crippen LogP contribution in [0.25, 0.3) is 0 Å². The van der Waals surface area contributed by atoms with Crippen molar-refractivity contribution in [3.05, 3.63) is 23.3 Å². The quantitative estimate of drug-likeness (QED) is 0.130. The van der Waals surface area contributed by atoms with Crippen molar-refractivity contribution in [2.24, 2.45) is 45.3 Å². The van der Waals surface area contributed by atoms with Crippen LogP contribution in [0.5, 0.6) is 0 Å². The van der Waals surface area contributed by atoms with Crippen molar-refractivity contribution in [1.82, 2.24) is 0 Å². The van der Waals surface area contributed by atoms with Crippen LogP contribution in [0.1, 0.15) is 114 Å². The van der Waals surface area contributed by atoms with Crippen molar-refractivity contribution in [2.45, 2.75) is 188 Å². The monoisotopic (exact) mass is 836 g/mol. The summed E-state index contributed by atoms with van der Waals surface area (Å²) >= 11 is 0. The molecule has 3 saturated carbocycles. The summed E-state index contributed by atoms with van der Waals surface area (Å²) in [4.78, 5) is 23.2. The Hall–Kier alpha value is -1.98. The first kappa shape index (κ1) is 46.5. The Labute approximate surface area is 349 Å². The van der Waals surface area contributed by atoms with Gasteiger partial charge in [-0.15, -0.1) is 0 Å². The number of fused-ring (bicyclic) bond motifs is 5. The predicted octanol–water partition coefficient (Wildman–Crippen LogP) is 3.71. The van der Waals surface area contributed by atoms with E-state index in [4.69, 9.17) is 28.4 Å². The molecule has 0 unspecified atom stereocenters. The van der Waals surface area contributed by atoms with Crippen LogP contribution in [0.4, 0.5) is 0 Å². The number of carbonyl (C=O) groups is 2. The Bertz CT molecular complexity index is 1590. The van der Waals surface area contributed by atoms with Gasteiger partial charge in [-0.3, -0.25) is 9.59 Å². The molecule has 19 atom stereocenters. The summed E-state index contributed by atoms with van der Waals surface area (Å²) in [5.41, 5.74) is 0.736. The lowest BCUT2D eigenvalue weighted by atomic mass is 9.38. The van der Waals surface area contributed by atoms with Crippen molar-refractivity contribution in [2.75, 3.05) is 13.2 Å². The molecule has 0 aromatic carbocycles. The Kier molecular flexibility index (Phi) is 13.6. The number of aliphatic hydroxyl groups is 6. The van der Waals surface area contributed by atoms with Gasteiger partial charge in [-0.1, -0.05) is 64.8 Å². The Balaban J connectivity index is 1.29. The second-order valence-corrected chi connectivity index (χ2v) is 20.3. The summed E-state index contributed by atoms with van der Waals surface area (Å²) in [5, 5.41) is 67.2. The number of hydrogen-bond acceptors (Lipinski definition) is 14. The SMILES string of the molecule is CC(=O)OC[C@H]1O[C@@H](O[C@H]2C[C@@]3(C)[C@@H]4[C@@H](O)C=C5[C@@H](CC[C@H](O[C@@H]6OC[C@@H](OC(C)=O)[C@H](O)[C@H]6O)C5(C)C)[C@]4(C)CC[C@]3(C)[C@H]2[C@H](C)CCC=C(C)C)[C@H](O)[C@@H](O)[C@@H]1O. The van der Waals surface area contributed by atoms with Crippen LogP contribution in [0, 0.1) is 45.3 Å². The van der Waals surface area contributed by atoms with Gasteiger partial charge in [0.05, 0.1) is 24.9 Å². The topological polar surface area (TPSA) is 211 Å². The highest BCUT2D eigenvalue weighted by molar-refractivity contribution is 5.66. The number of allylic oxidation sites excluding steroid dienone is 2. The Morgan fingerprint density at radius 3 is 2.15 bits per heavy atom. The number of carbonyl (C=O) groups excluding carboxylic acids is 2.